The van der Waals surface area contributed by atoms with Gasteiger partial charge in [0.1, 0.15) is 0 Å². The fraction of sp³-hybridized carbons (Fsp3) is 0.444. The van der Waals surface area contributed by atoms with Crippen LogP contribution in [0.15, 0.2) is 41.5 Å². The minimum absolute atomic E-state index is 0.615. The molecule has 2 N–H and O–H groups in total. The van der Waals surface area contributed by atoms with Gasteiger partial charge < -0.3 is 15.4 Å². The van der Waals surface area contributed by atoms with E-state index < -0.39 is 0 Å². The van der Waals surface area contributed by atoms with Gasteiger partial charge >= 0.3 is 0 Å². The van der Waals surface area contributed by atoms with E-state index >= 15 is 0 Å². The highest BCUT2D eigenvalue weighted by Crippen LogP contribution is 2.11. The second-order valence-corrected chi connectivity index (χ2v) is 5.40. The van der Waals surface area contributed by atoms with Crippen LogP contribution in [0.5, 0.6) is 0 Å². The molecule has 0 bridgehead atoms. The minimum Gasteiger partial charge on any atom is -0.377 e. The first-order valence-corrected chi connectivity index (χ1v) is 8.38. The van der Waals surface area contributed by atoms with E-state index in [-0.39, 0.29) is 0 Å². The number of hydrogen-bond donors (Lipinski definition) is 2. The Bertz CT molecular complexity index is 650. The van der Waals surface area contributed by atoms with Gasteiger partial charge in [-0.3, -0.25) is 4.68 Å². The summed E-state index contributed by atoms with van der Waals surface area (Å²) in [5, 5.41) is 10.8. The number of aromatic nitrogens is 2. The van der Waals surface area contributed by atoms with E-state index in [1.165, 1.54) is 11.1 Å². The van der Waals surface area contributed by atoms with Crippen LogP contribution in [0.1, 0.15) is 30.7 Å². The van der Waals surface area contributed by atoms with Gasteiger partial charge in [0.05, 0.1) is 25.4 Å². The predicted octanol–water partition coefficient (Wildman–Crippen LogP) is 2.21. The van der Waals surface area contributed by atoms with Crippen LogP contribution < -0.4 is 10.6 Å². The van der Waals surface area contributed by atoms with Crippen molar-refractivity contribution in [1.82, 2.24) is 20.4 Å². The average molecular weight is 329 g/mol. The number of rotatable bonds is 8. The lowest BCUT2D eigenvalue weighted by molar-refractivity contribution is 0.133. The molecule has 0 saturated carbocycles. The van der Waals surface area contributed by atoms with Crippen molar-refractivity contribution < 1.29 is 4.74 Å². The van der Waals surface area contributed by atoms with Crippen LogP contribution in [-0.2, 0) is 31.5 Å². The van der Waals surface area contributed by atoms with Crippen LogP contribution in [0.25, 0.3) is 0 Å². The number of hydrogen-bond acceptors (Lipinski definition) is 3. The molecule has 0 amide bonds. The molecule has 1 aromatic carbocycles. The third kappa shape index (κ3) is 5.38. The molecule has 6 nitrogen and oxygen atoms in total. The van der Waals surface area contributed by atoms with Crippen molar-refractivity contribution in [3.8, 4) is 0 Å². The monoisotopic (exact) mass is 329 g/mol. The van der Waals surface area contributed by atoms with Crippen LogP contribution in [0.2, 0.25) is 0 Å². The molecule has 0 unspecified atom stereocenters. The maximum absolute atomic E-state index is 5.53. The summed E-state index contributed by atoms with van der Waals surface area (Å²) in [6, 6.07) is 10.3. The third-order valence-electron chi connectivity index (χ3n) is 3.69. The Hall–Kier alpha value is -2.34. The van der Waals surface area contributed by atoms with Gasteiger partial charge in [0.2, 0.25) is 0 Å². The molecule has 0 aliphatic carbocycles. The fourth-order valence-electron chi connectivity index (χ4n) is 2.32. The van der Waals surface area contributed by atoms with E-state index in [9.17, 15) is 0 Å². The number of benzene rings is 1. The summed E-state index contributed by atoms with van der Waals surface area (Å²) < 4.78 is 7.39. The topological polar surface area (TPSA) is 63.5 Å². The number of aryl methyl sites for hydroxylation is 1. The summed E-state index contributed by atoms with van der Waals surface area (Å²) in [6.45, 7) is 7.52. The highest BCUT2D eigenvalue weighted by Gasteiger charge is 2.04. The summed E-state index contributed by atoms with van der Waals surface area (Å²) in [5.41, 5.74) is 3.48. The Kier molecular flexibility index (Phi) is 7.29. The van der Waals surface area contributed by atoms with Gasteiger partial charge in [-0.25, -0.2) is 4.99 Å². The number of guanidine groups is 1. The van der Waals surface area contributed by atoms with Crippen LogP contribution in [0.3, 0.4) is 0 Å². The van der Waals surface area contributed by atoms with Crippen LogP contribution in [0, 0.1) is 0 Å². The third-order valence-corrected chi connectivity index (χ3v) is 3.69. The van der Waals surface area contributed by atoms with Crippen LogP contribution >= 0.6 is 0 Å². The van der Waals surface area contributed by atoms with Crippen molar-refractivity contribution in [2.75, 3.05) is 13.2 Å². The maximum atomic E-state index is 5.53. The molecule has 0 radical (unpaired) electrons. The molecule has 1 heterocycles. The second-order valence-electron chi connectivity index (χ2n) is 5.40. The quantitative estimate of drug-likeness (QED) is 0.576. The molecule has 6 heteroatoms. The van der Waals surface area contributed by atoms with E-state index in [4.69, 9.17) is 9.73 Å². The van der Waals surface area contributed by atoms with E-state index in [0.29, 0.717) is 26.3 Å². The Balaban J connectivity index is 2.01. The fourth-order valence-corrected chi connectivity index (χ4v) is 2.32. The zero-order valence-corrected chi connectivity index (χ0v) is 14.7. The lowest BCUT2D eigenvalue weighted by atomic mass is 10.1. The number of aliphatic imine (C=N–C) groups is 1. The summed E-state index contributed by atoms with van der Waals surface area (Å²) in [6.07, 6.45) is 1.80. The molecule has 0 spiro atoms. The lowest BCUT2D eigenvalue weighted by Crippen LogP contribution is -2.37. The normalized spacial score (nSPS) is 11.5. The van der Waals surface area contributed by atoms with Gasteiger partial charge in [0.25, 0.3) is 0 Å². The maximum Gasteiger partial charge on any atom is 0.191 e. The van der Waals surface area contributed by atoms with Crippen molar-refractivity contribution >= 4 is 5.96 Å². The molecule has 2 aromatic rings. The first-order valence-electron chi connectivity index (χ1n) is 8.38. The first kappa shape index (κ1) is 18.0. The highest BCUT2D eigenvalue weighted by atomic mass is 16.5. The molecule has 0 aliphatic heterocycles. The number of ether oxygens (including phenoxy) is 1. The Morgan fingerprint density at radius 2 is 1.96 bits per heavy atom. The molecule has 24 heavy (non-hydrogen) atoms. The van der Waals surface area contributed by atoms with Crippen molar-refractivity contribution in [3.63, 3.8) is 0 Å². The summed E-state index contributed by atoms with van der Waals surface area (Å²) >= 11 is 0. The van der Waals surface area contributed by atoms with Crippen LogP contribution in [0.4, 0.5) is 0 Å². The molecule has 1 aromatic heterocycles. The number of nitrogens with zero attached hydrogens (tertiary/aromatic N) is 3. The van der Waals surface area contributed by atoms with Gasteiger partial charge in [-0.1, -0.05) is 24.3 Å². The number of nitrogens with one attached hydrogen (secondary N) is 2. The molecular formula is C18H27N5O. The average Bonchev–Trinajstić information content (AvgIpc) is 3.01. The smallest absolute Gasteiger partial charge is 0.191 e. The Morgan fingerprint density at radius 1 is 1.17 bits per heavy atom. The zero-order chi connectivity index (χ0) is 17.2. The zero-order valence-electron chi connectivity index (χ0n) is 14.7. The van der Waals surface area contributed by atoms with Crippen molar-refractivity contribution in [2.45, 2.75) is 33.5 Å². The van der Waals surface area contributed by atoms with Crippen molar-refractivity contribution in [1.29, 1.82) is 0 Å². The standard InChI is InChI=1S/C18H27N5O/c1-4-19-18(21-13-17-10-11-22-23(17)3)20-12-15-8-6-7-9-16(15)14-24-5-2/h6-11H,4-5,12-14H2,1-3H3,(H2,19,20,21). The van der Waals surface area contributed by atoms with Gasteiger partial charge in [-0.2, -0.15) is 5.10 Å². The molecule has 0 fully saturated rings. The Labute approximate surface area is 143 Å². The second kappa shape index (κ2) is 9.72. The summed E-state index contributed by atoms with van der Waals surface area (Å²) in [7, 11) is 1.94. The molecular weight excluding hydrogens is 302 g/mol. The van der Waals surface area contributed by atoms with Crippen LogP contribution in [-0.4, -0.2) is 28.9 Å². The molecule has 0 saturated heterocycles. The first-order chi connectivity index (χ1) is 11.7. The van der Waals surface area contributed by atoms with E-state index in [2.05, 4.69) is 34.8 Å². The lowest BCUT2D eigenvalue weighted by Gasteiger charge is -2.12. The van der Waals surface area contributed by atoms with Gasteiger partial charge in [0, 0.05) is 26.4 Å². The van der Waals surface area contributed by atoms with Crippen molar-refractivity contribution in [3.05, 3.63) is 53.3 Å². The largest absolute Gasteiger partial charge is 0.377 e. The molecule has 0 aliphatic rings. The van der Waals surface area contributed by atoms with E-state index in [0.717, 1.165) is 18.2 Å². The van der Waals surface area contributed by atoms with E-state index in [1.54, 1.807) is 6.20 Å². The van der Waals surface area contributed by atoms with Gasteiger partial charge in [-0.15, -0.1) is 0 Å². The summed E-state index contributed by atoms with van der Waals surface area (Å²) in [4.78, 5) is 4.69. The van der Waals surface area contributed by atoms with Crippen molar-refractivity contribution in [2.24, 2.45) is 12.0 Å². The molecule has 2 rings (SSSR count). The SMILES string of the molecule is CCNC(=NCc1ccccc1COCC)NCc1ccnn1C. The highest BCUT2D eigenvalue weighted by molar-refractivity contribution is 5.79. The Morgan fingerprint density at radius 3 is 2.62 bits per heavy atom. The van der Waals surface area contributed by atoms with Gasteiger partial charge in [0.15, 0.2) is 5.96 Å². The van der Waals surface area contributed by atoms with Gasteiger partial charge in [-0.05, 0) is 31.0 Å². The van der Waals surface area contributed by atoms with E-state index in [1.807, 2.05) is 36.9 Å². The predicted molar refractivity (Wildman–Crippen MR) is 96.6 cm³/mol. The minimum atomic E-state index is 0.615. The molecule has 130 valence electrons. The summed E-state index contributed by atoms with van der Waals surface area (Å²) in [5.74, 6) is 0.796. The molecule has 0 atom stereocenters.